The van der Waals surface area contributed by atoms with Crippen molar-refractivity contribution in [2.24, 2.45) is 5.92 Å². The first-order chi connectivity index (χ1) is 8.72. The largest absolute Gasteiger partial charge is 0.381 e. The predicted molar refractivity (Wildman–Crippen MR) is 71.6 cm³/mol. The number of nitrogens with zero attached hydrogens (tertiary/aromatic N) is 1. The zero-order chi connectivity index (χ0) is 12.5. The monoisotopic (exact) mass is 266 g/mol. The fourth-order valence-corrected chi connectivity index (χ4v) is 3.21. The Morgan fingerprint density at radius 2 is 2.44 bits per heavy atom. The van der Waals surface area contributed by atoms with E-state index in [1.807, 2.05) is 0 Å². The van der Waals surface area contributed by atoms with E-state index < -0.39 is 0 Å². The van der Waals surface area contributed by atoms with Gasteiger partial charge >= 0.3 is 0 Å². The maximum absolute atomic E-state index is 13.1. The molecule has 2 atom stereocenters. The van der Waals surface area contributed by atoms with Gasteiger partial charge in [-0.1, -0.05) is 11.3 Å². The Labute approximate surface area is 109 Å². The van der Waals surface area contributed by atoms with Crippen LogP contribution in [0, 0.1) is 11.7 Å². The van der Waals surface area contributed by atoms with Crippen molar-refractivity contribution in [1.29, 1.82) is 0 Å². The molecule has 2 unspecified atom stereocenters. The third-order valence-electron chi connectivity index (χ3n) is 3.37. The fourth-order valence-electron chi connectivity index (χ4n) is 2.22. The molecular weight excluding hydrogens is 251 g/mol. The number of hydrogen-bond donors (Lipinski definition) is 1. The van der Waals surface area contributed by atoms with E-state index in [0.29, 0.717) is 12.0 Å². The minimum atomic E-state index is -0.213. The summed E-state index contributed by atoms with van der Waals surface area (Å²) in [6.45, 7) is 3.81. The molecule has 0 saturated carbocycles. The van der Waals surface area contributed by atoms with Gasteiger partial charge in [0.15, 0.2) is 5.13 Å². The van der Waals surface area contributed by atoms with Crippen LogP contribution in [-0.2, 0) is 4.74 Å². The molecule has 2 aromatic rings. The van der Waals surface area contributed by atoms with E-state index >= 15 is 0 Å². The molecule has 1 aromatic carbocycles. The molecule has 3 rings (SSSR count). The minimum Gasteiger partial charge on any atom is -0.381 e. The molecule has 0 radical (unpaired) electrons. The lowest BCUT2D eigenvalue weighted by molar-refractivity contribution is 0.183. The van der Waals surface area contributed by atoms with Gasteiger partial charge in [0, 0.05) is 18.6 Å². The van der Waals surface area contributed by atoms with Crippen molar-refractivity contribution in [3.05, 3.63) is 24.0 Å². The van der Waals surface area contributed by atoms with Crippen molar-refractivity contribution in [1.82, 2.24) is 4.98 Å². The van der Waals surface area contributed by atoms with E-state index in [2.05, 4.69) is 17.2 Å². The third-order valence-corrected chi connectivity index (χ3v) is 4.32. The Balaban J connectivity index is 1.77. The molecule has 1 aliphatic rings. The van der Waals surface area contributed by atoms with E-state index in [-0.39, 0.29) is 5.82 Å². The van der Waals surface area contributed by atoms with Gasteiger partial charge in [-0.25, -0.2) is 9.37 Å². The molecule has 1 aromatic heterocycles. The van der Waals surface area contributed by atoms with Crippen molar-refractivity contribution in [2.75, 3.05) is 18.5 Å². The Kier molecular flexibility index (Phi) is 3.18. The van der Waals surface area contributed by atoms with Gasteiger partial charge in [0.1, 0.15) is 5.82 Å². The summed E-state index contributed by atoms with van der Waals surface area (Å²) >= 11 is 1.50. The standard InChI is InChI=1S/C13H15FN2OS/c1-8(9-4-5-17-7-9)15-13-16-11-3-2-10(14)6-12(11)18-13/h2-3,6,8-9H,4-5,7H2,1H3,(H,15,16). The molecule has 1 saturated heterocycles. The van der Waals surface area contributed by atoms with Crippen LogP contribution in [0.5, 0.6) is 0 Å². The molecular formula is C13H15FN2OS. The highest BCUT2D eigenvalue weighted by Gasteiger charge is 2.22. The van der Waals surface area contributed by atoms with Gasteiger partial charge in [-0.15, -0.1) is 0 Å². The summed E-state index contributed by atoms with van der Waals surface area (Å²) in [5, 5.41) is 4.25. The summed E-state index contributed by atoms with van der Waals surface area (Å²) in [5.74, 6) is 0.323. The maximum Gasteiger partial charge on any atom is 0.184 e. The Bertz CT molecular complexity index is 551. The molecule has 18 heavy (non-hydrogen) atoms. The number of anilines is 1. The topological polar surface area (TPSA) is 34.2 Å². The number of aromatic nitrogens is 1. The third kappa shape index (κ3) is 2.33. The first kappa shape index (κ1) is 11.9. The number of thiazole rings is 1. The lowest BCUT2D eigenvalue weighted by atomic mass is 10.0. The van der Waals surface area contributed by atoms with Crippen molar-refractivity contribution in [3.8, 4) is 0 Å². The zero-order valence-corrected chi connectivity index (χ0v) is 11.0. The molecule has 1 aliphatic heterocycles. The van der Waals surface area contributed by atoms with Crippen molar-refractivity contribution in [3.63, 3.8) is 0 Å². The van der Waals surface area contributed by atoms with E-state index in [0.717, 1.165) is 35.0 Å². The summed E-state index contributed by atoms with van der Waals surface area (Å²) in [4.78, 5) is 4.47. The molecule has 5 heteroatoms. The van der Waals surface area contributed by atoms with Crippen LogP contribution in [0.3, 0.4) is 0 Å². The van der Waals surface area contributed by atoms with Crippen LogP contribution in [0.15, 0.2) is 18.2 Å². The maximum atomic E-state index is 13.1. The van der Waals surface area contributed by atoms with Gasteiger partial charge < -0.3 is 10.1 Å². The Morgan fingerprint density at radius 3 is 3.22 bits per heavy atom. The van der Waals surface area contributed by atoms with Crippen molar-refractivity contribution in [2.45, 2.75) is 19.4 Å². The van der Waals surface area contributed by atoms with Gasteiger partial charge in [-0.3, -0.25) is 0 Å². The highest BCUT2D eigenvalue weighted by atomic mass is 32.1. The van der Waals surface area contributed by atoms with Gasteiger partial charge in [0.25, 0.3) is 0 Å². The van der Waals surface area contributed by atoms with Crippen LogP contribution >= 0.6 is 11.3 Å². The molecule has 0 bridgehead atoms. The van der Waals surface area contributed by atoms with E-state index in [1.165, 1.54) is 23.5 Å². The zero-order valence-electron chi connectivity index (χ0n) is 10.1. The predicted octanol–water partition coefficient (Wildman–Crippen LogP) is 3.27. The molecule has 0 aliphatic carbocycles. The normalized spacial score (nSPS) is 21.3. The number of rotatable bonds is 3. The first-order valence-electron chi connectivity index (χ1n) is 6.13. The highest BCUT2D eigenvalue weighted by Crippen LogP contribution is 2.28. The summed E-state index contributed by atoms with van der Waals surface area (Å²) in [6, 6.07) is 5.02. The SMILES string of the molecule is CC(Nc1nc2ccc(F)cc2s1)C1CCOC1. The number of halogens is 1. The van der Waals surface area contributed by atoms with Crippen LogP contribution in [0.25, 0.3) is 10.2 Å². The van der Waals surface area contributed by atoms with Gasteiger partial charge in [-0.2, -0.15) is 0 Å². The Hall–Kier alpha value is -1.20. The van der Waals surface area contributed by atoms with Gasteiger partial charge in [0.2, 0.25) is 0 Å². The minimum absolute atomic E-state index is 0.213. The van der Waals surface area contributed by atoms with Crippen LogP contribution < -0.4 is 5.32 Å². The molecule has 96 valence electrons. The van der Waals surface area contributed by atoms with Crippen molar-refractivity contribution >= 4 is 26.7 Å². The number of hydrogen-bond acceptors (Lipinski definition) is 4. The highest BCUT2D eigenvalue weighted by molar-refractivity contribution is 7.22. The second-order valence-corrected chi connectivity index (χ2v) is 5.72. The second kappa shape index (κ2) is 4.82. The molecule has 1 N–H and O–H groups in total. The quantitative estimate of drug-likeness (QED) is 0.925. The van der Waals surface area contributed by atoms with E-state index in [4.69, 9.17) is 4.74 Å². The average molecular weight is 266 g/mol. The fraction of sp³-hybridized carbons (Fsp3) is 0.462. The molecule has 1 fully saturated rings. The number of fused-ring (bicyclic) bond motifs is 1. The second-order valence-electron chi connectivity index (χ2n) is 4.69. The van der Waals surface area contributed by atoms with Crippen LogP contribution in [0.2, 0.25) is 0 Å². The van der Waals surface area contributed by atoms with Crippen LogP contribution in [0.1, 0.15) is 13.3 Å². The lowest BCUT2D eigenvalue weighted by Gasteiger charge is -2.18. The molecule has 0 spiro atoms. The number of ether oxygens (including phenoxy) is 1. The Morgan fingerprint density at radius 1 is 1.56 bits per heavy atom. The average Bonchev–Trinajstić information content (AvgIpc) is 2.95. The van der Waals surface area contributed by atoms with E-state index in [1.54, 1.807) is 6.07 Å². The van der Waals surface area contributed by atoms with E-state index in [9.17, 15) is 4.39 Å². The molecule has 0 amide bonds. The smallest absolute Gasteiger partial charge is 0.184 e. The summed E-state index contributed by atoms with van der Waals surface area (Å²) in [6.07, 6.45) is 1.09. The van der Waals surface area contributed by atoms with Crippen molar-refractivity contribution < 1.29 is 9.13 Å². The van der Waals surface area contributed by atoms with Gasteiger partial charge in [0.05, 0.1) is 16.8 Å². The van der Waals surface area contributed by atoms with Gasteiger partial charge in [-0.05, 0) is 31.5 Å². The number of nitrogens with one attached hydrogen (secondary N) is 1. The summed E-state index contributed by atoms with van der Waals surface area (Å²) in [7, 11) is 0. The lowest BCUT2D eigenvalue weighted by Crippen LogP contribution is -2.25. The first-order valence-corrected chi connectivity index (χ1v) is 6.94. The van der Waals surface area contributed by atoms with Crippen LogP contribution in [-0.4, -0.2) is 24.2 Å². The summed E-state index contributed by atoms with van der Waals surface area (Å²) < 4.78 is 19.4. The molecule has 2 heterocycles. The summed E-state index contributed by atoms with van der Waals surface area (Å²) in [5.41, 5.74) is 0.846. The van der Waals surface area contributed by atoms with Crippen LogP contribution in [0.4, 0.5) is 9.52 Å². The number of benzene rings is 1. The molecule has 3 nitrogen and oxygen atoms in total.